The van der Waals surface area contributed by atoms with Crippen LogP contribution in [0.4, 0.5) is 5.00 Å². The molecule has 2 aromatic rings. The fraction of sp³-hybridized carbons (Fsp3) is 0.478. The first-order valence-corrected chi connectivity index (χ1v) is 11.6. The number of morpholine rings is 1. The molecule has 2 amide bonds. The van der Waals surface area contributed by atoms with Crippen molar-refractivity contribution < 1.29 is 14.3 Å². The maximum Gasteiger partial charge on any atom is 0.256 e. The van der Waals surface area contributed by atoms with E-state index in [1.807, 2.05) is 18.2 Å². The van der Waals surface area contributed by atoms with E-state index in [1.165, 1.54) is 4.88 Å². The van der Waals surface area contributed by atoms with Gasteiger partial charge in [0, 0.05) is 30.1 Å². The standard InChI is InChI=1S/C23H29N3O3S/c27-21(17-7-2-1-3-8-17)25-23-20(18-9-4-5-10-19(18)30-23)22(28)24-11-6-12-26-13-15-29-16-14-26/h1-3,7-8H,4-6,9-16H2,(H,24,28)(H,25,27). The Bertz CT molecular complexity index is 875. The van der Waals surface area contributed by atoms with E-state index >= 15 is 0 Å². The molecule has 0 bridgehead atoms. The van der Waals surface area contributed by atoms with Gasteiger partial charge in [-0.1, -0.05) is 18.2 Å². The van der Waals surface area contributed by atoms with Crippen molar-refractivity contribution in [3.05, 3.63) is 51.9 Å². The van der Waals surface area contributed by atoms with Crippen LogP contribution in [0.1, 0.15) is 50.4 Å². The van der Waals surface area contributed by atoms with E-state index in [0.717, 1.165) is 70.5 Å². The molecule has 1 aliphatic carbocycles. The molecule has 7 heteroatoms. The summed E-state index contributed by atoms with van der Waals surface area (Å²) in [6.07, 6.45) is 5.03. The maximum atomic E-state index is 13.1. The third kappa shape index (κ3) is 5.09. The second-order valence-electron chi connectivity index (χ2n) is 7.80. The van der Waals surface area contributed by atoms with Crippen molar-refractivity contribution in [3.63, 3.8) is 0 Å². The maximum absolute atomic E-state index is 13.1. The van der Waals surface area contributed by atoms with Crippen LogP contribution in [0.15, 0.2) is 30.3 Å². The van der Waals surface area contributed by atoms with E-state index in [-0.39, 0.29) is 11.8 Å². The van der Waals surface area contributed by atoms with E-state index < -0.39 is 0 Å². The van der Waals surface area contributed by atoms with Gasteiger partial charge in [-0.05, 0) is 56.3 Å². The highest BCUT2D eigenvalue weighted by Gasteiger charge is 2.26. The summed E-state index contributed by atoms with van der Waals surface area (Å²) in [5.41, 5.74) is 2.39. The molecule has 6 nitrogen and oxygen atoms in total. The molecule has 2 N–H and O–H groups in total. The zero-order chi connectivity index (χ0) is 20.8. The lowest BCUT2D eigenvalue weighted by Crippen LogP contribution is -2.38. The summed E-state index contributed by atoms with van der Waals surface area (Å²) in [6.45, 7) is 5.09. The topological polar surface area (TPSA) is 70.7 Å². The van der Waals surface area contributed by atoms with Crippen LogP contribution in [-0.2, 0) is 17.6 Å². The average molecular weight is 428 g/mol. The number of nitrogens with zero attached hydrogens (tertiary/aromatic N) is 1. The summed E-state index contributed by atoms with van der Waals surface area (Å²) >= 11 is 1.56. The second-order valence-corrected chi connectivity index (χ2v) is 8.90. The summed E-state index contributed by atoms with van der Waals surface area (Å²) < 4.78 is 5.38. The summed E-state index contributed by atoms with van der Waals surface area (Å²) in [4.78, 5) is 29.4. The first-order valence-electron chi connectivity index (χ1n) is 10.8. The highest BCUT2D eigenvalue weighted by Crippen LogP contribution is 2.38. The van der Waals surface area contributed by atoms with Crippen molar-refractivity contribution in [2.24, 2.45) is 0 Å². The van der Waals surface area contributed by atoms with Crippen molar-refractivity contribution in [2.45, 2.75) is 32.1 Å². The van der Waals surface area contributed by atoms with E-state index in [1.54, 1.807) is 23.5 Å². The Kier molecular flexibility index (Phi) is 7.15. The van der Waals surface area contributed by atoms with Crippen molar-refractivity contribution in [1.29, 1.82) is 0 Å². The van der Waals surface area contributed by atoms with Gasteiger partial charge in [-0.3, -0.25) is 14.5 Å². The van der Waals surface area contributed by atoms with Crippen LogP contribution in [0.25, 0.3) is 0 Å². The zero-order valence-corrected chi connectivity index (χ0v) is 18.1. The quantitative estimate of drug-likeness (QED) is 0.665. The predicted molar refractivity (Wildman–Crippen MR) is 120 cm³/mol. The minimum Gasteiger partial charge on any atom is -0.379 e. The number of benzene rings is 1. The smallest absolute Gasteiger partial charge is 0.256 e. The van der Waals surface area contributed by atoms with E-state index in [2.05, 4.69) is 15.5 Å². The van der Waals surface area contributed by atoms with Gasteiger partial charge in [-0.25, -0.2) is 0 Å². The van der Waals surface area contributed by atoms with Crippen LogP contribution in [0, 0.1) is 0 Å². The fourth-order valence-corrected chi connectivity index (χ4v) is 5.36. The van der Waals surface area contributed by atoms with Crippen LogP contribution in [0.2, 0.25) is 0 Å². The van der Waals surface area contributed by atoms with Gasteiger partial charge in [0.15, 0.2) is 0 Å². The van der Waals surface area contributed by atoms with Crippen LogP contribution in [0.3, 0.4) is 0 Å². The van der Waals surface area contributed by atoms with Gasteiger partial charge in [0.2, 0.25) is 0 Å². The van der Waals surface area contributed by atoms with Gasteiger partial charge in [0.05, 0.1) is 18.8 Å². The molecule has 0 saturated carbocycles. The lowest BCUT2D eigenvalue weighted by Gasteiger charge is -2.26. The van der Waals surface area contributed by atoms with Gasteiger partial charge < -0.3 is 15.4 Å². The van der Waals surface area contributed by atoms with Gasteiger partial charge in [-0.2, -0.15) is 0 Å². The predicted octanol–water partition coefficient (Wildman–Crippen LogP) is 3.33. The Morgan fingerprint density at radius 1 is 1.03 bits per heavy atom. The lowest BCUT2D eigenvalue weighted by molar-refractivity contribution is 0.0374. The van der Waals surface area contributed by atoms with Gasteiger partial charge in [0.25, 0.3) is 11.8 Å². The Morgan fingerprint density at radius 2 is 1.80 bits per heavy atom. The first kappa shape index (κ1) is 21.0. The molecule has 1 aliphatic heterocycles. The number of anilines is 1. The second kappa shape index (κ2) is 10.2. The van der Waals surface area contributed by atoms with Crippen molar-refractivity contribution >= 4 is 28.2 Å². The highest BCUT2D eigenvalue weighted by molar-refractivity contribution is 7.17. The number of carbonyl (C=O) groups excluding carboxylic acids is 2. The average Bonchev–Trinajstić information content (AvgIpc) is 3.15. The van der Waals surface area contributed by atoms with Crippen molar-refractivity contribution in [3.8, 4) is 0 Å². The van der Waals surface area contributed by atoms with Gasteiger partial charge >= 0.3 is 0 Å². The molecule has 1 saturated heterocycles. The van der Waals surface area contributed by atoms with Crippen LogP contribution in [-0.4, -0.2) is 56.1 Å². The molecular weight excluding hydrogens is 398 g/mol. The number of aryl methyl sites for hydroxylation is 1. The SMILES string of the molecule is O=C(Nc1sc2c(c1C(=O)NCCCN1CCOCC1)CCCC2)c1ccccc1. The summed E-state index contributed by atoms with van der Waals surface area (Å²) in [6, 6.07) is 9.14. The van der Waals surface area contributed by atoms with Gasteiger partial charge in [0.1, 0.15) is 5.00 Å². The number of hydrogen-bond donors (Lipinski definition) is 2. The van der Waals surface area contributed by atoms with Crippen molar-refractivity contribution in [1.82, 2.24) is 10.2 Å². The zero-order valence-electron chi connectivity index (χ0n) is 17.2. The van der Waals surface area contributed by atoms with Gasteiger partial charge in [-0.15, -0.1) is 11.3 Å². The Morgan fingerprint density at radius 3 is 2.60 bits per heavy atom. The Hall–Kier alpha value is -2.22. The first-order chi connectivity index (χ1) is 14.7. The van der Waals surface area contributed by atoms with E-state index in [4.69, 9.17) is 4.74 Å². The Balaban J connectivity index is 1.42. The molecule has 0 atom stereocenters. The molecule has 1 aromatic heterocycles. The number of ether oxygens (including phenoxy) is 1. The minimum absolute atomic E-state index is 0.0697. The number of thiophene rings is 1. The van der Waals surface area contributed by atoms with Crippen LogP contribution < -0.4 is 10.6 Å². The molecule has 0 spiro atoms. The summed E-state index contributed by atoms with van der Waals surface area (Å²) in [5.74, 6) is -0.240. The molecule has 2 aliphatic rings. The van der Waals surface area contributed by atoms with Crippen LogP contribution >= 0.6 is 11.3 Å². The normalized spacial score (nSPS) is 16.7. The highest BCUT2D eigenvalue weighted by atomic mass is 32.1. The largest absolute Gasteiger partial charge is 0.379 e. The molecule has 160 valence electrons. The lowest BCUT2D eigenvalue weighted by atomic mass is 9.95. The fourth-order valence-electron chi connectivity index (χ4n) is 4.08. The molecule has 1 aromatic carbocycles. The van der Waals surface area contributed by atoms with E-state index in [0.29, 0.717) is 22.7 Å². The monoisotopic (exact) mass is 427 g/mol. The summed E-state index contributed by atoms with van der Waals surface area (Å²) in [7, 11) is 0. The van der Waals surface area contributed by atoms with E-state index in [9.17, 15) is 9.59 Å². The van der Waals surface area contributed by atoms with Crippen molar-refractivity contribution in [2.75, 3.05) is 44.7 Å². The third-order valence-electron chi connectivity index (χ3n) is 5.70. The Labute approximate surface area is 181 Å². The molecule has 0 unspecified atom stereocenters. The molecular formula is C23H29N3O3S. The number of amides is 2. The third-order valence-corrected chi connectivity index (χ3v) is 6.91. The molecule has 30 heavy (non-hydrogen) atoms. The molecule has 1 fully saturated rings. The number of fused-ring (bicyclic) bond motifs is 1. The molecule has 0 radical (unpaired) electrons. The number of carbonyl (C=O) groups is 2. The van der Waals surface area contributed by atoms with Crippen LogP contribution in [0.5, 0.6) is 0 Å². The molecule has 4 rings (SSSR count). The number of rotatable bonds is 7. The number of nitrogens with one attached hydrogen (secondary N) is 2. The number of hydrogen-bond acceptors (Lipinski definition) is 5. The molecule has 2 heterocycles. The summed E-state index contributed by atoms with van der Waals surface area (Å²) in [5, 5.41) is 6.77. The minimum atomic E-state index is -0.171.